The quantitative estimate of drug-likeness (QED) is 0.601. The highest BCUT2D eigenvalue weighted by Crippen LogP contribution is 2.19. The van der Waals surface area contributed by atoms with Crippen molar-refractivity contribution in [1.82, 2.24) is 20.6 Å². The van der Waals surface area contributed by atoms with E-state index in [1.807, 2.05) is 0 Å². The predicted molar refractivity (Wildman–Crippen MR) is 95.4 cm³/mol. The Morgan fingerprint density at radius 1 is 1.35 bits per heavy atom. The summed E-state index contributed by atoms with van der Waals surface area (Å²) in [5.41, 5.74) is 5.89. The van der Waals surface area contributed by atoms with Crippen molar-refractivity contribution in [2.45, 2.75) is 18.4 Å². The maximum Gasteiger partial charge on any atom is 0.268 e. The minimum absolute atomic E-state index is 0.0596. The van der Waals surface area contributed by atoms with E-state index in [1.54, 1.807) is 24.3 Å². The number of aliphatic hydroxyl groups is 1. The van der Waals surface area contributed by atoms with E-state index in [2.05, 4.69) is 20.6 Å². The molecule has 2 amide bonds. The van der Waals surface area contributed by atoms with Crippen LogP contribution in [0, 0.1) is 0 Å². The van der Waals surface area contributed by atoms with Crippen molar-refractivity contribution in [1.29, 1.82) is 0 Å². The number of benzene rings is 1. The molecule has 1 fully saturated rings. The largest absolute Gasteiger partial charge is 0.387 e. The van der Waals surface area contributed by atoms with E-state index < -0.39 is 11.5 Å². The fourth-order valence-corrected chi connectivity index (χ4v) is 2.89. The second kappa shape index (κ2) is 7.59. The maximum absolute atomic E-state index is 12.4. The van der Waals surface area contributed by atoms with E-state index >= 15 is 0 Å². The molecule has 2 heterocycles. The molecule has 0 unspecified atom stereocenters. The van der Waals surface area contributed by atoms with Crippen molar-refractivity contribution in [3.8, 4) is 11.3 Å². The molecule has 0 saturated carbocycles. The van der Waals surface area contributed by atoms with Crippen molar-refractivity contribution < 1.29 is 14.7 Å². The number of nitrogens with one attached hydrogen (secondary N) is 2. The van der Waals surface area contributed by atoms with Crippen LogP contribution in [0.25, 0.3) is 11.3 Å². The van der Waals surface area contributed by atoms with E-state index in [0.717, 1.165) is 13.0 Å². The second-order valence-corrected chi connectivity index (χ2v) is 6.42. The molecule has 2 aromatic rings. The van der Waals surface area contributed by atoms with Gasteiger partial charge >= 0.3 is 0 Å². The van der Waals surface area contributed by atoms with Crippen LogP contribution in [0.4, 0.5) is 0 Å². The number of hydrogen-bond donors (Lipinski definition) is 4. The van der Waals surface area contributed by atoms with E-state index in [9.17, 15) is 14.7 Å². The summed E-state index contributed by atoms with van der Waals surface area (Å²) in [6.45, 7) is 1.52. The standard InChI is InChI=1S/C18H21N5O3/c19-16(24)15-9-21-8-14(23-15)12-3-1-4-13(7-12)17(25)22-11-18(26)5-2-6-20-10-18/h1,3-4,7-9,20,26H,2,5-6,10-11H2,(H2,19,24)(H,22,25)/t18-/m1/s1. The summed E-state index contributed by atoms with van der Waals surface area (Å²) in [6, 6.07) is 6.82. The highest BCUT2D eigenvalue weighted by atomic mass is 16.3. The highest BCUT2D eigenvalue weighted by molar-refractivity contribution is 5.95. The molecule has 1 aliphatic rings. The molecule has 8 nitrogen and oxygen atoms in total. The summed E-state index contributed by atoms with van der Waals surface area (Å²) in [5, 5.41) is 16.4. The molecular formula is C18H21N5O3. The number of nitrogens with zero attached hydrogens (tertiary/aromatic N) is 2. The Hall–Kier alpha value is -2.84. The van der Waals surface area contributed by atoms with E-state index in [4.69, 9.17) is 5.73 Å². The van der Waals surface area contributed by atoms with Crippen LogP contribution in [0.5, 0.6) is 0 Å². The summed E-state index contributed by atoms with van der Waals surface area (Å²) >= 11 is 0. The lowest BCUT2D eigenvalue weighted by molar-refractivity contribution is 0.0170. The van der Waals surface area contributed by atoms with Gasteiger partial charge in [-0.05, 0) is 31.5 Å². The Labute approximate surface area is 150 Å². The SMILES string of the molecule is NC(=O)c1cncc(-c2cccc(C(=O)NC[C@@]3(O)CCCNC3)c2)n1. The molecule has 0 spiro atoms. The minimum atomic E-state index is -0.924. The van der Waals surface area contributed by atoms with Gasteiger partial charge in [-0.2, -0.15) is 0 Å². The minimum Gasteiger partial charge on any atom is -0.387 e. The van der Waals surface area contributed by atoms with Gasteiger partial charge in [-0.1, -0.05) is 12.1 Å². The van der Waals surface area contributed by atoms with Gasteiger partial charge in [0.25, 0.3) is 11.8 Å². The zero-order valence-electron chi connectivity index (χ0n) is 14.2. The molecule has 1 aromatic carbocycles. The fraction of sp³-hybridized carbons (Fsp3) is 0.333. The second-order valence-electron chi connectivity index (χ2n) is 6.42. The molecular weight excluding hydrogens is 334 g/mol. The average Bonchev–Trinajstić information content (AvgIpc) is 2.67. The number of primary amides is 1. The van der Waals surface area contributed by atoms with Crippen LogP contribution in [0.3, 0.4) is 0 Å². The van der Waals surface area contributed by atoms with Gasteiger partial charge in [0.1, 0.15) is 5.69 Å². The number of carbonyl (C=O) groups is 2. The Morgan fingerprint density at radius 2 is 2.19 bits per heavy atom. The first kappa shape index (κ1) is 18.0. The number of hydrogen-bond acceptors (Lipinski definition) is 6. The molecule has 1 aromatic heterocycles. The average molecular weight is 355 g/mol. The van der Waals surface area contributed by atoms with Crippen molar-refractivity contribution in [2.24, 2.45) is 5.73 Å². The molecule has 136 valence electrons. The van der Waals surface area contributed by atoms with Crippen molar-refractivity contribution in [2.75, 3.05) is 19.6 Å². The molecule has 8 heteroatoms. The van der Waals surface area contributed by atoms with Crippen molar-refractivity contribution in [3.05, 3.63) is 47.9 Å². The third kappa shape index (κ3) is 4.22. The molecule has 1 aliphatic heterocycles. The van der Waals surface area contributed by atoms with Crippen LogP contribution in [0.2, 0.25) is 0 Å². The molecule has 0 bridgehead atoms. The first-order valence-corrected chi connectivity index (χ1v) is 8.40. The smallest absolute Gasteiger partial charge is 0.268 e. The molecule has 5 N–H and O–H groups in total. The molecule has 3 rings (SSSR count). The highest BCUT2D eigenvalue weighted by Gasteiger charge is 2.29. The van der Waals surface area contributed by atoms with Crippen LogP contribution >= 0.6 is 0 Å². The van der Waals surface area contributed by atoms with Crippen LogP contribution in [0.15, 0.2) is 36.7 Å². The predicted octanol–water partition coefficient (Wildman–Crippen LogP) is 0.0868. The first-order chi connectivity index (χ1) is 12.5. The third-order valence-corrected chi connectivity index (χ3v) is 4.34. The van der Waals surface area contributed by atoms with Gasteiger partial charge in [0.2, 0.25) is 0 Å². The summed E-state index contributed by atoms with van der Waals surface area (Å²) in [7, 11) is 0. The Kier molecular flexibility index (Phi) is 5.24. The summed E-state index contributed by atoms with van der Waals surface area (Å²) in [6.07, 6.45) is 4.31. The van der Waals surface area contributed by atoms with Crippen LogP contribution in [-0.4, -0.2) is 52.1 Å². The lowest BCUT2D eigenvalue weighted by Crippen LogP contribution is -2.52. The molecule has 0 radical (unpaired) electrons. The van der Waals surface area contributed by atoms with Gasteiger partial charge in [0.05, 0.1) is 23.7 Å². The number of aromatic nitrogens is 2. The van der Waals surface area contributed by atoms with E-state index in [1.165, 1.54) is 12.4 Å². The van der Waals surface area contributed by atoms with Crippen molar-refractivity contribution in [3.63, 3.8) is 0 Å². The maximum atomic E-state index is 12.4. The number of nitrogens with two attached hydrogens (primary N) is 1. The van der Waals surface area contributed by atoms with Crippen LogP contribution in [-0.2, 0) is 0 Å². The molecule has 0 aliphatic carbocycles. The zero-order valence-corrected chi connectivity index (χ0v) is 14.2. The summed E-state index contributed by atoms with van der Waals surface area (Å²) in [4.78, 5) is 31.8. The fourth-order valence-electron chi connectivity index (χ4n) is 2.89. The zero-order chi connectivity index (χ0) is 18.6. The van der Waals surface area contributed by atoms with Gasteiger partial charge in [-0.15, -0.1) is 0 Å². The third-order valence-electron chi connectivity index (χ3n) is 4.34. The van der Waals surface area contributed by atoms with E-state index in [-0.39, 0.29) is 18.1 Å². The number of rotatable bonds is 5. The summed E-state index contributed by atoms with van der Waals surface area (Å²) < 4.78 is 0. The Bertz CT molecular complexity index is 818. The van der Waals surface area contributed by atoms with E-state index in [0.29, 0.717) is 29.8 Å². The number of amides is 2. The summed E-state index contributed by atoms with van der Waals surface area (Å²) in [5.74, 6) is -0.951. The van der Waals surface area contributed by atoms with Gasteiger partial charge in [-0.25, -0.2) is 4.98 Å². The molecule has 26 heavy (non-hydrogen) atoms. The van der Waals surface area contributed by atoms with Crippen LogP contribution in [0.1, 0.15) is 33.7 Å². The molecule has 1 atom stereocenters. The van der Waals surface area contributed by atoms with Gasteiger partial charge in [0.15, 0.2) is 0 Å². The number of piperidine rings is 1. The number of carbonyl (C=O) groups excluding carboxylic acids is 2. The Morgan fingerprint density at radius 3 is 2.92 bits per heavy atom. The lowest BCUT2D eigenvalue weighted by Gasteiger charge is -2.32. The lowest BCUT2D eigenvalue weighted by atomic mass is 9.94. The topological polar surface area (TPSA) is 130 Å². The number of β-amino-alcohol motifs (C(OH)–C–C–N with tert-alkyl or cyclic N) is 1. The Balaban J connectivity index is 1.73. The van der Waals surface area contributed by atoms with Crippen molar-refractivity contribution >= 4 is 11.8 Å². The van der Waals surface area contributed by atoms with Crippen LogP contribution < -0.4 is 16.4 Å². The monoisotopic (exact) mass is 355 g/mol. The normalized spacial score (nSPS) is 19.7. The molecule has 1 saturated heterocycles. The first-order valence-electron chi connectivity index (χ1n) is 8.40. The van der Waals surface area contributed by atoms with Gasteiger partial charge in [-0.3, -0.25) is 14.6 Å². The van der Waals surface area contributed by atoms with Gasteiger partial charge in [0, 0.05) is 24.2 Å². The van der Waals surface area contributed by atoms with Gasteiger partial charge < -0.3 is 21.5 Å².